The van der Waals surface area contributed by atoms with Crippen molar-refractivity contribution in [3.8, 4) is 11.6 Å². The Kier molecular flexibility index (Phi) is 5.84. The van der Waals surface area contributed by atoms with E-state index >= 15 is 0 Å². The Bertz CT molecular complexity index is 1670. The third-order valence-electron chi connectivity index (χ3n) is 6.50. The number of fused-ring (bicyclic) bond motifs is 1. The lowest BCUT2D eigenvalue weighted by molar-refractivity contribution is 0.313. The first kappa shape index (κ1) is 23.4. The van der Waals surface area contributed by atoms with Crippen molar-refractivity contribution in [2.45, 2.75) is 13.8 Å². The number of aromatic nitrogens is 4. The highest BCUT2D eigenvalue weighted by molar-refractivity contribution is 5.91. The fourth-order valence-corrected chi connectivity index (χ4v) is 4.53. The van der Waals surface area contributed by atoms with Gasteiger partial charge in [-0.15, -0.1) is 0 Å². The number of aliphatic imine (C=N–C) groups is 1. The molecule has 0 atom stereocenters. The number of piperazine rings is 1. The van der Waals surface area contributed by atoms with Gasteiger partial charge in [-0.05, 0) is 44.7 Å². The minimum Gasteiger partial charge on any atom is -0.493 e. The SMILES string of the molecule is Cc1ccc(-n2c(O)c(C=Nc3cc4[nH]c(=O)[nH]c4cc3N3CCN(C)CC3)c(=O)[nH]c2=O)c(C)c1. The summed E-state index contributed by atoms with van der Waals surface area (Å²) in [6, 6.07) is 9.00. The van der Waals surface area contributed by atoms with Crippen molar-refractivity contribution in [2.24, 2.45) is 4.99 Å². The number of benzene rings is 2. The Labute approximate surface area is 205 Å². The predicted molar refractivity (Wildman–Crippen MR) is 140 cm³/mol. The van der Waals surface area contributed by atoms with E-state index in [2.05, 4.69) is 36.8 Å². The highest BCUT2D eigenvalue weighted by Crippen LogP contribution is 2.33. The summed E-state index contributed by atoms with van der Waals surface area (Å²) in [6.45, 7) is 7.02. The first-order chi connectivity index (χ1) is 17.2. The van der Waals surface area contributed by atoms with E-state index in [4.69, 9.17) is 0 Å². The quantitative estimate of drug-likeness (QED) is 0.320. The number of likely N-dealkylation sites (N-methyl/N-ethyl adjacent to an activating group) is 1. The third-order valence-corrected chi connectivity index (χ3v) is 6.50. The van der Waals surface area contributed by atoms with Gasteiger partial charge in [-0.3, -0.25) is 14.8 Å². The van der Waals surface area contributed by atoms with Crippen LogP contribution in [-0.4, -0.2) is 69.0 Å². The highest BCUT2D eigenvalue weighted by Gasteiger charge is 2.20. The molecule has 1 aliphatic heterocycles. The van der Waals surface area contributed by atoms with E-state index in [0.29, 0.717) is 22.4 Å². The number of H-pyrrole nitrogens is 3. The second-order valence-electron chi connectivity index (χ2n) is 9.14. The number of hydrogen-bond donors (Lipinski definition) is 4. The molecule has 11 heteroatoms. The number of rotatable bonds is 4. The molecule has 0 aliphatic carbocycles. The molecule has 2 aromatic carbocycles. The zero-order chi connectivity index (χ0) is 25.6. The molecule has 1 aliphatic rings. The fourth-order valence-electron chi connectivity index (χ4n) is 4.53. The van der Waals surface area contributed by atoms with Crippen LogP contribution in [0.15, 0.2) is 49.7 Å². The number of imidazole rings is 1. The van der Waals surface area contributed by atoms with Gasteiger partial charge in [0, 0.05) is 32.4 Å². The van der Waals surface area contributed by atoms with Crippen LogP contribution in [0.25, 0.3) is 16.7 Å². The van der Waals surface area contributed by atoms with Crippen molar-refractivity contribution in [3.63, 3.8) is 0 Å². The number of aryl methyl sites for hydroxylation is 2. The summed E-state index contributed by atoms with van der Waals surface area (Å²) in [6.07, 6.45) is 1.25. The number of nitrogens with zero attached hydrogens (tertiary/aromatic N) is 4. The van der Waals surface area contributed by atoms with E-state index in [-0.39, 0.29) is 11.3 Å². The summed E-state index contributed by atoms with van der Waals surface area (Å²) in [7, 11) is 2.06. The second kappa shape index (κ2) is 9.00. The van der Waals surface area contributed by atoms with Crippen LogP contribution in [0.1, 0.15) is 16.7 Å². The Morgan fingerprint density at radius 2 is 1.61 bits per heavy atom. The van der Waals surface area contributed by atoms with Crippen LogP contribution in [0.3, 0.4) is 0 Å². The van der Waals surface area contributed by atoms with Crippen molar-refractivity contribution >= 4 is 28.6 Å². The van der Waals surface area contributed by atoms with E-state index in [0.717, 1.165) is 47.6 Å². The molecule has 0 amide bonds. The molecule has 3 heterocycles. The van der Waals surface area contributed by atoms with Gasteiger partial charge in [-0.1, -0.05) is 17.7 Å². The van der Waals surface area contributed by atoms with Gasteiger partial charge >= 0.3 is 11.4 Å². The van der Waals surface area contributed by atoms with Crippen LogP contribution in [0.4, 0.5) is 11.4 Å². The Morgan fingerprint density at radius 1 is 0.917 bits per heavy atom. The van der Waals surface area contributed by atoms with Crippen LogP contribution < -0.4 is 21.8 Å². The summed E-state index contributed by atoms with van der Waals surface area (Å²) in [5, 5.41) is 11.0. The van der Waals surface area contributed by atoms with Crippen LogP contribution in [0, 0.1) is 13.8 Å². The summed E-state index contributed by atoms with van der Waals surface area (Å²) < 4.78 is 1.06. The lowest BCUT2D eigenvalue weighted by atomic mass is 10.1. The minimum absolute atomic E-state index is 0.151. The molecule has 11 nitrogen and oxygen atoms in total. The van der Waals surface area contributed by atoms with Gasteiger partial charge < -0.3 is 24.9 Å². The second-order valence-corrected chi connectivity index (χ2v) is 9.14. The maximum atomic E-state index is 12.7. The third kappa shape index (κ3) is 4.24. The predicted octanol–water partition coefficient (Wildman–Crippen LogP) is 1.52. The van der Waals surface area contributed by atoms with Gasteiger partial charge in [0.1, 0.15) is 5.56 Å². The number of anilines is 1. The van der Waals surface area contributed by atoms with Gasteiger partial charge in [0.05, 0.1) is 28.1 Å². The number of aromatic amines is 3. The van der Waals surface area contributed by atoms with Gasteiger partial charge in [0.15, 0.2) is 0 Å². The molecule has 4 aromatic rings. The standard InChI is InChI=1S/C25H27N7O4/c1-14-4-5-20(15(2)10-14)32-23(34)16(22(33)29-25(32)36)13-26-19-11-17-18(28-24(35)27-17)12-21(19)31-8-6-30(3)7-9-31/h4-5,10-13,34H,6-9H2,1-3H3,(H2,27,28,35)(H,29,33,36). The first-order valence-electron chi connectivity index (χ1n) is 11.6. The van der Waals surface area contributed by atoms with Crippen LogP contribution >= 0.6 is 0 Å². The number of nitrogens with one attached hydrogen (secondary N) is 3. The van der Waals surface area contributed by atoms with Crippen LogP contribution in [0.5, 0.6) is 5.88 Å². The molecule has 2 aromatic heterocycles. The number of hydrogen-bond acceptors (Lipinski definition) is 7. The summed E-state index contributed by atoms with van der Waals surface area (Å²) in [5.41, 5.74) is 2.79. The molecule has 36 heavy (non-hydrogen) atoms. The van der Waals surface area contributed by atoms with E-state index in [1.54, 1.807) is 12.1 Å². The van der Waals surface area contributed by atoms with Gasteiger partial charge in [0.2, 0.25) is 5.88 Å². The van der Waals surface area contributed by atoms with Crippen molar-refractivity contribution in [3.05, 3.63) is 78.3 Å². The largest absolute Gasteiger partial charge is 0.493 e. The number of aromatic hydroxyl groups is 1. The maximum Gasteiger partial charge on any atom is 0.335 e. The van der Waals surface area contributed by atoms with Crippen molar-refractivity contribution < 1.29 is 5.11 Å². The first-order valence-corrected chi connectivity index (χ1v) is 11.6. The molecule has 4 N–H and O–H groups in total. The molecule has 0 bridgehead atoms. The van der Waals surface area contributed by atoms with Gasteiger partial charge in [-0.2, -0.15) is 0 Å². The van der Waals surface area contributed by atoms with E-state index < -0.39 is 17.1 Å². The Hall–Kier alpha value is -4.38. The monoisotopic (exact) mass is 489 g/mol. The van der Waals surface area contributed by atoms with E-state index in [1.807, 2.05) is 32.0 Å². The van der Waals surface area contributed by atoms with E-state index in [9.17, 15) is 19.5 Å². The lowest BCUT2D eigenvalue weighted by Crippen LogP contribution is -2.44. The molecular weight excluding hydrogens is 462 g/mol. The summed E-state index contributed by atoms with van der Waals surface area (Å²) in [5.74, 6) is -0.503. The molecule has 1 saturated heterocycles. The molecule has 0 saturated carbocycles. The lowest BCUT2D eigenvalue weighted by Gasteiger charge is -2.34. The smallest absolute Gasteiger partial charge is 0.335 e. The maximum absolute atomic E-state index is 12.7. The fraction of sp³-hybridized carbons (Fsp3) is 0.280. The molecule has 0 spiro atoms. The zero-order valence-corrected chi connectivity index (χ0v) is 20.3. The van der Waals surface area contributed by atoms with Crippen molar-refractivity contribution in [2.75, 3.05) is 38.1 Å². The topological polar surface area (TPSA) is 143 Å². The van der Waals surface area contributed by atoms with Crippen molar-refractivity contribution in [1.29, 1.82) is 0 Å². The Balaban J connectivity index is 1.63. The van der Waals surface area contributed by atoms with Crippen LogP contribution in [-0.2, 0) is 0 Å². The minimum atomic E-state index is -0.750. The van der Waals surface area contributed by atoms with Crippen LogP contribution in [0.2, 0.25) is 0 Å². The summed E-state index contributed by atoms with van der Waals surface area (Å²) >= 11 is 0. The summed E-state index contributed by atoms with van der Waals surface area (Å²) in [4.78, 5) is 53.9. The van der Waals surface area contributed by atoms with Gasteiger partial charge in [0.25, 0.3) is 5.56 Å². The molecular formula is C25H27N7O4. The molecule has 0 unspecified atom stereocenters. The zero-order valence-electron chi connectivity index (χ0n) is 20.3. The van der Waals surface area contributed by atoms with E-state index in [1.165, 1.54) is 6.21 Å². The average molecular weight is 490 g/mol. The molecule has 5 rings (SSSR count). The average Bonchev–Trinajstić information content (AvgIpc) is 3.19. The normalized spacial score (nSPS) is 14.8. The molecule has 1 fully saturated rings. The van der Waals surface area contributed by atoms with Crippen molar-refractivity contribution in [1.82, 2.24) is 24.4 Å². The highest BCUT2D eigenvalue weighted by atomic mass is 16.3. The Morgan fingerprint density at radius 3 is 2.31 bits per heavy atom. The van der Waals surface area contributed by atoms with Gasteiger partial charge in [-0.25, -0.2) is 14.2 Å². The molecule has 186 valence electrons. The molecule has 0 radical (unpaired) electrons.